The van der Waals surface area contributed by atoms with Crippen molar-refractivity contribution in [3.05, 3.63) is 29.8 Å². The molecule has 1 N–H and O–H groups in total. The molecule has 0 aliphatic carbocycles. The fraction of sp³-hybridized carbons (Fsp3) is 0.222. The molecule has 3 heteroatoms. The summed E-state index contributed by atoms with van der Waals surface area (Å²) < 4.78 is 0. The molecule has 0 atom stereocenters. The van der Waals surface area contributed by atoms with Gasteiger partial charge in [0.2, 0.25) is 0 Å². The van der Waals surface area contributed by atoms with Gasteiger partial charge in [-0.1, -0.05) is 31.1 Å². The van der Waals surface area contributed by atoms with E-state index in [2.05, 4.69) is 6.07 Å². The molecule has 0 spiro atoms. The molecule has 12 heavy (non-hydrogen) atoms. The largest absolute Gasteiger partial charge is 0.447 e. The van der Waals surface area contributed by atoms with Crippen LogP contribution >= 0.6 is 0 Å². The maximum atomic E-state index is 9.18. The molecule has 0 aliphatic rings. The van der Waals surface area contributed by atoms with E-state index >= 15 is 0 Å². The molecule has 1 rings (SSSR count). The Bertz CT molecular complexity index is 286. The molecule has 0 bridgehead atoms. The second-order valence-corrected chi connectivity index (χ2v) is 2.75. The lowest BCUT2D eigenvalue weighted by Gasteiger charge is -2.00. The minimum Gasteiger partial charge on any atom is -0.447 e. The van der Waals surface area contributed by atoms with Gasteiger partial charge in [0.05, 0.1) is 12.5 Å². The first-order chi connectivity index (χ1) is 5.74. The number of hydrogen-bond donors (Lipinski definition) is 1. The van der Waals surface area contributed by atoms with E-state index in [1.165, 1.54) is 0 Å². The molecule has 2 nitrogen and oxygen atoms in total. The van der Waals surface area contributed by atoms with Crippen LogP contribution in [-0.4, -0.2) is 11.9 Å². The fourth-order valence-corrected chi connectivity index (χ4v) is 1.01. The summed E-state index contributed by atoms with van der Waals surface area (Å²) in [6.07, 6.45) is 0.431. The average molecular weight is 159 g/mol. The summed E-state index contributed by atoms with van der Waals surface area (Å²) in [5.41, 5.74) is 1.87. The summed E-state index contributed by atoms with van der Waals surface area (Å²) in [5, 5.41) is 17.6. The van der Waals surface area contributed by atoms with Crippen LogP contribution in [0.5, 0.6) is 0 Å². The Morgan fingerprint density at radius 2 is 2.00 bits per heavy atom. The molecule has 0 radical (unpaired) electrons. The van der Waals surface area contributed by atoms with E-state index in [-0.39, 0.29) is 0 Å². The van der Waals surface area contributed by atoms with Crippen molar-refractivity contribution in [1.82, 2.24) is 0 Å². The van der Waals surface area contributed by atoms with Crippen LogP contribution < -0.4 is 5.46 Å². The Labute approximate surface area is 72.6 Å². The van der Waals surface area contributed by atoms with E-state index in [9.17, 15) is 5.02 Å². The van der Waals surface area contributed by atoms with E-state index in [1.807, 2.05) is 24.3 Å². The molecule has 0 saturated heterocycles. The van der Waals surface area contributed by atoms with Crippen LogP contribution in [0.15, 0.2) is 24.3 Å². The quantitative estimate of drug-likeness (QED) is 0.641. The highest BCUT2D eigenvalue weighted by molar-refractivity contribution is 6.64. The van der Waals surface area contributed by atoms with Crippen LogP contribution in [0.4, 0.5) is 0 Å². The van der Waals surface area contributed by atoms with Gasteiger partial charge in [-0.15, -0.1) is 0 Å². The predicted octanol–water partition coefficient (Wildman–Crippen LogP) is 0.573. The Hall–Kier alpha value is -1.27. The van der Waals surface area contributed by atoms with Crippen molar-refractivity contribution in [1.29, 1.82) is 5.26 Å². The van der Waals surface area contributed by atoms with Gasteiger partial charge in [-0.25, -0.2) is 0 Å². The van der Waals surface area contributed by atoms with Gasteiger partial charge in [0.1, 0.15) is 0 Å². The van der Waals surface area contributed by atoms with Gasteiger partial charge in [0.25, 0.3) is 0 Å². The normalized spacial score (nSPS) is 9.08. The molecule has 0 saturated carbocycles. The molecular formula is C9H10BNO. The molecule has 60 valence electrons. The summed E-state index contributed by atoms with van der Waals surface area (Å²) in [7, 11) is 0. The summed E-state index contributed by atoms with van der Waals surface area (Å²) in [5.74, 6) is 0. The Balaban J connectivity index is 2.80. The number of hydrogen-bond acceptors (Lipinski definition) is 2. The Morgan fingerprint density at radius 3 is 2.42 bits per heavy atom. The lowest BCUT2D eigenvalue weighted by molar-refractivity contribution is 0.594. The maximum Gasteiger partial charge on any atom is 0.320 e. The monoisotopic (exact) mass is 159 g/mol. The van der Waals surface area contributed by atoms with E-state index in [1.54, 1.807) is 6.82 Å². The fourth-order valence-electron chi connectivity index (χ4n) is 1.01. The highest BCUT2D eigenvalue weighted by Gasteiger charge is 2.04. The lowest BCUT2D eigenvalue weighted by atomic mass is 9.64. The van der Waals surface area contributed by atoms with Crippen molar-refractivity contribution in [2.75, 3.05) is 0 Å². The molecule has 1 aromatic carbocycles. The van der Waals surface area contributed by atoms with Crippen LogP contribution in [0.25, 0.3) is 0 Å². The van der Waals surface area contributed by atoms with Gasteiger partial charge in [0, 0.05) is 0 Å². The molecule has 0 heterocycles. The van der Waals surface area contributed by atoms with Gasteiger partial charge in [-0.05, 0) is 11.0 Å². The molecule has 0 fully saturated rings. The van der Waals surface area contributed by atoms with Gasteiger partial charge in [0.15, 0.2) is 0 Å². The molecular weight excluding hydrogens is 149 g/mol. The second-order valence-electron chi connectivity index (χ2n) is 2.75. The smallest absolute Gasteiger partial charge is 0.320 e. The van der Waals surface area contributed by atoms with E-state index in [0.29, 0.717) is 6.42 Å². The Kier molecular flexibility index (Phi) is 2.90. The highest BCUT2D eigenvalue weighted by Crippen LogP contribution is 1.97. The molecule has 0 aromatic heterocycles. The summed E-state index contributed by atoms with van der Waals surface area (Å²) >= 11 is 0. The van der Waals surface area contributed by atoms with Crippen LogP contribution in [0, 0.1) is 11.3 Å². The van der Waals surface area contributed by atoms with Crippen LogP contribution in [0.3, 0.4) is 0 Å². The van der Waals surface area contributed by atoms with Crippen molar-refractivity contribution < 1.29 is 5.02 Å². The van der Waals surface area contributed by atoms with Crippen LogP contribution in [-0.2, 0) is 6.42 Å². The predicted molar refractivity (Wildman–Crippen MR) is 49.2 cm³/mol. The number of nitriles is 1. The minimum absolute atomic E-state index is 0.430. The number of nitrogens with zero attached hydrogens (tertiary/aromatic N) is 1. The summed E-state index contributed by atoms with van der Waals surface area (Å²) in [4.78, 5) is 0. The first kappa shape index (κ1) is 8.83. The average Bonchev–Trinajstić information content (AvgIpc) is 2.06. The Morgan fingerprint density at radius 1 is 1.42 bits per heavy atom. The third-order valence-corrected chi connectivity index (χ3v) is 1.75. The first-order valence-electron chi connectivity index (χ1n) is 3.88. The summed E-state index contributed by atoms with van der Waals surface area (Å²) in [6.45, 7) is 1.29. The summed E-state index contributed by atoms with van der Waals surface area (Å²) in [6, 6.07) is 9.49. The van der Waals surface area contributed by atoms with E-state index in [4.69, 9.17) is 5.26 Å². The lowest BCUT2D eigenvalue weighted by Crippen LogP contribution is -2.25. The minimum atomic E-state index is -0.430. The van der Waals surface area contributed by atoms with E-state index < -0.39 is 6.92 Å². The van der Waals surface area contributed by atoms with Crippen molar-refractivity contribution >= 4 is 12.4 Å². The van der Waals surface area contributed by atoms with Gasteiger partial charge >= 0.3 is 6.92 Å². The SMILES string of the molecule is CB(O)c1ccc(CC#N)cc1. The molecule has 1 aromatic rings. The maximum absolute atomic E-state index is 9.18. The highest BCUT2D eigenvalue weighted by atomic mass is 16.2. The molecule has 0 amide bonds. The van der Waals surface area contributed by atoms with E-state index in [0.717, 1.165) is 11.0 Å². The third kappa shape index (κ3) is 2.11. The van der Waals surface area contributed by atoms with Crippen molar-refractivity contribution in [3.8, 4) is 6.07 Å². The van der Waals surface area contributed by atoms with Crippen LogP contribution in [0.1, 0.15) is 5.56 Å². The number of rotatable bonds is 2. The number of benzene rings is 1. The topological polar surface area (TPSA) is 44.0 Å². The van der Waals surface area contributed by atoms with Crippen molar-refractivity contribution in [2.24, 2.45) is 0 Å². The molecule has 0 unspecified atom stereocenters. The second kappa shape index (κ2) is 3.94. The zero-order chi connectivity index (χ0) is 8.97. The van der Waals surface area contributed by atoms with Crippen molar-refractivity contribution in [3.63, 3.8) is 0 Å². The zero-order valence-corrected chi connectivity index (χ0v) is 6.99. The van der Waals surface area contributed by atoms with Gasteiger partial charge in [-0.3, -0.25) is 0 Å². The zero-order valence-electron chi connectivity index (χ0n) is 6.99. The standard InChI is InChI=1S/C9H10BNO/c1-10(12)9-4-2-8(3-5-9)6-7-11/h2-5,12H,6H2,1H3. The third-order valence-electron chi connectivity index (χ3n) is 1.75. The van der Waals surface area contributed by atoms with Gasteiger partial charge in [-0.2, -0.15) is 5.26 Å². The van der Waals surface area contributed by atoms with Gasteiger partial charge < -0.3 is 5.02 Å². The molecule has 0 aliphatic heterocycles. The van der Waals surface area contributed by atoms with Crippen molar-refractivity contribution in [2.45, 2.75) is 13.2 Å². The van der Waals surface area contributed by atoms with Crippen LogP contribution in [0.2, 0.25) is 6.82 Å². The first-order valence-corrected chi connectivity index (χ1v) is 3.88.